The summed E-state index contributed by atoms with van der Waals surface area (Å²) in [5, 5.41) is 8.73. The highest BCUT2D eigenvalue weighted by Gasteiger charge is 2.11. The molecule has 0 spiro atoms. The molecule has 0 unspecified atom stereocenters. The minimum absolute atomic E-state index is 0.0427. The summed E-state index contributed by atoms with van der Waals surface area (Å²) in [6.45, 7) is 2.08. The highest BCUT2D eigenvalue weighted by molar-refractivity contribution is 5.93. The van der Waals surface area contributed by atoms with Crippen LogP contribution >= 0.6 is 0 Å². The molecular weight excluding hydrogens is 286 g/mol. The lowest BCUT2D eigenvalue weighted by atomic mass is 10.0. The van der Waals surface area contributed by atoms with Crippen molar-refractivity contribution in [1.82, 2.24) is 4.98 Å². The molecule has 0 amide bonds. The summed E-state index contributed by atoms with van der Waals surface area (Å²) < 4.78 is 0. The van der Waals surface area contributed by atoms with Gasteiger partial charge in [-0.15, -0.1) is 5.10 Å². The van der Waals surface area contributed by atoms with Crippen LogP contribution in [0.5, 0.6) is 0 Å². The number of hydrogen-bond acceptors (Lipinski definition) is 2. The molecule has 0 saturated heterocycles. The van der Waals surface area contributed by atoms with Gasteiger partial charge in [0.05, 0.1) is 5.69 Å². The molecule has 1 heterocycles. The van der Waals surface area contributed by atoms with Crippen molar-refractivity contribution in [2.45, 2.75) is 13.3 Å². The molecular formula is C18H19N5. The normalized spacial score (nSPS) is 11.2. The van der Waals surface area contributed by atoms with Gasteiger partial charge in [-0.05, 0) is 24.1 Å². The van der Waals surface area contributed by atoms with Crippen LogP contribution in [0, 0.1) is 6.92 Å². The number of aromatic nitrogens is 1. The van der Waals surface area contributed by atoms with Crippen LogP contribution in [0.25, 0.3) is 22.2 Å². The minimum Gasteiger partial charge on any atom is -0.369 e. The van der Waals surface area contributed by atoms with Gasteiger partial charge in [0, 0.05) is 23.5 Å². The molecule has 0 aliphatic heterocycles. The number of fused-ring (bicyclic) bond motifs is 1. The summed E-state index contributed by atoms with van der Waals surface area (Å²) in [6.07, 6.45) is 2.36. The standard InChI is InChI=1S/C18H19N5/c1-12-6-8-13(9-7-12)17-15(10-11-21-23-18(19)20)14-4-2-3-5-16(14)22-17/h2-9,11,22H,10H2,1H3,(H4,19,20,23). The molecule has 1 aromatic heterocycles. The summed E-state index contributed by atoms with van der Waals surface area (Å²) in [5.41, 5.74) is 16.3. The van der Waals surface area contributed by atoms with E-state index >= 15 is 0 Å². The summed E-state index contributed by atoms with van der Waals surface area (Å²) in [6, 6.07) is 16.7. The van der Waals surface area contributed by atoms with Crippen molar-refractivity contribution in [1.29, 1.82) is 0 Å². The minimum atomic E-state index is -0.0427. The number of nitrogens with zero attached hydrogens (tertiary/aromatic N) is 2. The zero-order valence-electron chi connectivity index (χ0n) is 13.0. The van der Waals surface area contributed by atoms with E-state index in [0.717, 1.165) is 16.8 Å². The van der Waals surface area contributed by atoms with Gasteiger partial charge >= 0.3 is 0 Å². The van der Waals surface area contributed by atoms with E-state index in [4.69, 9.17) is 11.5 Å². The van der Waals surface area contributed by atoms with Crippen LogP contribution in [-0.4, -0.2) is 17.2 Å². The summed E-state index contributed by atoms with van der Waals surface area (Å²) in [4.78, 5) is 3.50. The van der Waals surface area contributed by atoms with Crippen molar-refractivity contribution < 1.29 is 0 Å². The second kappa shape index (κ2) is 6.36. The van der Waals surface area contributed by atoms with E-state index in [9.17, 15) is 0 Å². The van der Waals surface area contributed by atoms with Gasteiger partial charge in [0.2, 0.25) is 5.96 Å². The molecule has 0 radical (unpaired) electrons. The van der Waals surface area contributed by atoms with E-state index in [0.29, 0.717) is 6.42 Å². The first-order valence-electron chi connectivity index (χ1n) is 7.42. The van der Waals surface area contributed by atoms with Gasteiger partial charge < -0.3 is 16.5 Å². The molecule has 0 aliphatic carbocycles. The molecule has 5 N–H and O–H groups in total. The van der Waals surface area contributed by atoms with Crippen molar-refractivity contribution in [3.05, 3.63) is 59.7 Å². The highest BCUT2D eigenvalue weighted by atomic mass is 15.3. The van der Waals surface area contributed by atoms with Gasteiger partial charge in [-0.2, -0.15) is 5.10 Å². The number of aryl methyl sites for hydroxylation is 1. The number of nitrogens with two attached hydrogens (primary N) is 2. The number of nitrogens with one attached hydrogen (secondary N) is 1. The van der Waals surface area contributed by atoms with Gasteiger partial charge in [0.25, 0.3) is 0 Å². The molecule has 5 heteroatoms. The Balaban J connectivity index is 2.06. The van der Waals surface area contributed by atoms with Gasteiger partial charge in [-0.3, -0.25) is 0 Å². The van der Waals surface area contributed by atoms with Crippen molar-refractivity contribution in [3.63, 3.8) is 0 Å². The Labute approximate surface area is 134 Å². The van der Waals surface area contributed by atoms with Crippen LogP contribution < -0.4 is 11.5 Å². The van der Waals surface area contributed by atoms with E-state index in [1.807, 2.05) is 12.1 Å². The largest absolute Gasteiger partial charge is 0.369 e. The predicted molar refractivity (Wildman–Crippen MR) is 96.5 cm³/mol. The van der Waals surface area contributed by atoms with Crippen molar-refractivity contribution in [2.24, 2.45) is 21.7 Å². The SMILES string of the molecule is Cc1ccc(-c2[nH]c3ccccc3c2CC=NN=C(N)N)cc1. The number of hydrogen-bond donors (Lipinski definition) is 3. The predicted octanol–water partition coefficient (Wildman–Crippen LogP) is 2.95. The van der Waals surface area contributed by atoms with Crippen LogP contribution in [0.2, 0.25) is 0 Å². The monoisotopic (exact) mass is 305 g/mol. The lowest BCUT2D eigenvalue weighted by Gasteiger charge is -2.03. The molecule has 2 aromatic carbocycles. The van der Waals surface area contributed by atoms with Gasteiger partial charge in [0.1, 0.15) is 0 Å². The molecule has 0 bridgehead atoms. The Morgan fingerprint density at radius 2 is 1.83 bits per heavy atom. The smallest absolute Gasteiger partial charge is 0.211 e. The van der Waals surface area contributed by atoms with Gasteiger partial charge in [0.15, 0.2) is 0 Å². The Morgan fingerprint density at radius 3 is 2.57 bits per heavy atom. The molecule has 3 aromatic rings. The first kappa shape index (κ1) is 14.8. The number of H-pyrrole nitrogens is 1. The van der Waals surface area contributed by atoms with E-state index < -0.39 is 0 Å². The Morgan fingerprint density at radius 1 is 1.09 bits per heavy atom. The molecule has 116 valence electrons. The molecule has 0 aliphatic rings. The number of para-hydroxylation sites is 1. The third kappa shape index (κ3) is 3.23. The Hall–Kier alpha value is -3.08. The van der Waals surface area contributed by atoms with Crippen LogP contribution in [0.15, 0.2) is 58.7 Å². The lowest BCUT2D eigenvalue weighted by molar-refractivity contribution is 1.19. The van der Waals surface area contributed by atoms with E-state index in [2.05, 4.69) is 58.5 Å². The molecule has 0 atom stereocenters. The van der Waals surface area contributed by atoms with Gasteiger partial charge in [-0.25, -0.2) is 0 Å². The second-order valence-electron chi connectivity index (χ2n) is 5.42. The van der Waals surface area contributed by atoms with Crippen molar-refractivity contribution in [3.8, 4) is 11.3 Å². The average molecular weight is 305 g/mol. The maximum Gasteiger partial charge on any atom is 0.211 e. The Kier molecular flexibility index (Phi) is 4.10. The lowest BCUT2D eigenvalue weighted by Crippen LogP contribution is -2.21. The zero-order valence-corrected chi connectivity index (χ0v) is 13.0. The molecule has 5 nitrogen and oxygen atoms in total. The maximum absolute atomic E-state index is 5.29. The number of aromatic amines is 1. The molecule has 3 rings (SSSR count). The summed E-state index contributed by atoms with van der Waals surface area (Å²) >= 11 is 0. The van der Waals surface area contributed by atoms with E-state index in [1.54, 1.807) is 6.21 Å². The molecule has 0 saturated carbocycles. The van der Waals surface area contributed by atoms with Crippen LogP contribution in [-0.2, 0) is 6.42 Å². The quantitative estimate of drug-likeness (QED) is 0.393. The molecule has 23 heavy (non-hydrogen) atoms. The number of rotatable bonds is 4. The average Bonchev–Trinajstić information content (AvgIpc) is 2.91. The fourth-order valence-corrected chi connectivity index (χ4v) is 2.62. The maximum atomic E-state index is 5.29. The number of benzene rings is 2. The first-order chi connectivity index (χ1) is 11.1. The zero-order chi connectivity index (χ0) is 16.2. The first-order valence-corrected chi connectivity index (χ1v) is 7.42. The fourth-order valence-electron chi connectivity index (χ4n) is 2.62. The van der Waals surface area contributed by atoms with Crippen LogP contribution in [0.1, 0.15) is 11.1 Å². The summed E-state index contributed by atoms with van der Waals surface area (Å²) in [7, 11) is 0. The van der Waals surface area contributed by atoms with Crippen LogP contribution in [0.4, 0.5) is 0 Å². The van der Waals surface area contributed by atoms with E-state index in [-0.39, 0.29) is 5.96 Å². The topological polar surface area (TPSA) is 92.5 Å². The Bertz CT molecular complexity index is 868. The van der Waals surface area contributed by atoms with Crippen LogP contribution in [0.3, 0.4) is 0 Å². The summed E-state index contributed by atoms with van der Waals surface area (Å²) in [5.74, 6) is -0.0427. The number of guanidine groups is 1. The van der Waals surface area contributed by atoms with E-state index in [1.165, 1.54) is 16.5 Å². The highest BCUT2D eigenvalue weighted by Crippen LogP contribution is 2.30. The third-order valence-corrected chi connectivity index (χ3v) is 3.70. The van der Waals surface area contributed by atoms with Gasteiger partial charge in [-0.1, -0.05) is 48.0 Å². The fraction of sp³-hybridized carbons (Fsp3) is 0.111. The second-order valence-corrected chi connectivity index (χ2v) is 5.42. The molecule has 0 fully saturated rings. The van der Waals surface area contributed by atoms with Crippen molar-refractivity contribution >= 4 is 23.1 Å². The third-order valence-electron chi connectivity index (χ3n) is 3.70. The van der Waals surface area contributed by atoms with Crippen molar-refractivity contribution in [2.75, 3.05) is 0 Å².